The molecular formula is C20H37IN6O. The van der Waals surface area contributed by atoms with E-state index in [0.29, 0.717) is 12.0 Å². The first-order valence-corrected chi connectivity index (χ1v) is 10.7. The van der Waals surface area contributed by atoms with Crippen LogP contribution in [0.1, 0.15) is 69.9 Å². The first-order valence-electron chi connectivity index (χ1n) is 10.7. The molecule has 0 saturated heterocycles. The quantitative estimate of drug-likeness (QED) is 0.246. The van der Waals surface area contributed by atoms with E-state index in [1.807, 2.05) is 7.05 Å². The van der Waals surface area contributed by atoms with Gasteiger partial charge in [-0.05, 0) is 44.4 Å². The predicted octanol–water partition coefficient (Wildman–Crippen LogP) is 3.27. The van der Waals surface area contributed by atoms with Gasteiger partial charge in [-0.1, -0.05) is 19.3 Å². The minimum atomic E-state index is 0. The van der Waals surface area contributed by atoms with E-state index in [0.717, 1.165) is 56.8 Å². The summed E-state index contributed by atoms with van der Waals surface area (Å²) in [7, 11) is 1.83. The summed E-state index contributed by atoms with van der Waals surface area (Å²) in [5, 5.41) is 15.8. The monoisotopic (exact) mass is 504 g/mol. The Balaban J connectivity index is 0.00000280. The lowest BCUT2D eigenvalue weighted by molar-refractivity contribution is 0.105. The molecular weight excluding hydrogens is 467 g/mol. The van der Waals surface area contributed by atoms with Gasteiger partial charge in [0.2, 0.25) is 0 Å². The molecule has 160 valence electrons. The highest BCUT2D eigenvalue weighted by molar-refractivity contribution is 14.0. The highest BCUT2D eigenvalue weighted by Gasteiger charge is 2.33. The summed E-state index contributed by atoms with van der Waals surface area (Å²) in [6.07, 6.45) is 11.1. The van der Waals surface area contributed by atoms with Gasteiger partial charge in [-0.2, -0.15) is 0 Å². The van der Waals surface area contributed by atoms with Crippen LogP contribution in [0.4, 0.5) is 0 Å². The molecule has 2 aliphatic rings. The van der Waals surface area contributed by atoms with Crippen LogP contribution < -0.4 is 10.6 Å². The van der Waals surface area contributed by atoms with Crippen molar-refractivity contribution in [3.63, 3.8) is 0 Å². The minimum Gasteiger partial charge on any atom is -0.382 e. The third-order valence-corrected chi connectivity index (χ3v) is 6.10. The number of fused-ring (bicyclic) bond motifs is 1. The summed E-state index contributed by atoms with van der Waals surface area (Å²) in [6, 6.07) is 0. The van der Waals surface area contributed by atoms with Gasteiger partial charge in [-0.3, -0.25) is 4.99 Å². The number of hydrogen-bond acceptors (Lipinski definition) is 4. The normalized spacial score (nSPS) is 18.9. The lowest BCUT2D eigenvalue weighted by atomic mass is 9.83. The van der Waals surface area contributed by atoms with Gasteiger partial charge in [0, 0.05) is 39.8 Å². The number of nitrogens with one attached hydrogen (secondary N) is 2. The Morgan fingerprint density at radius 2 is 1.96 bits per heavy atom. The Bertz CT molecular complexity index is 612. The lowest BCUT2D eigenvalue weighted by Gasteiger charge is -2.30. The molecule has 0 unspecified atom stereocenters. The number of nitrogens with zero attached hydrogens (tertiary/aromatic N) is 4. The zero-order valence-corrected chi connectivity index (χ0v) is 19.8. The standard InChI is InChI=1S/C20H36N6O.HI/c1-3-27-14-12-20(10-6-7-11-20)16-23-19(21-2)22-15-18-25-24-17-9-5-4-8-13-26(17)18;/h3-16H2,1-2H3,(H2,21,22,23);1H. The van der Waals surface area contributed by atoms with Gasteiger partial charge in [0.05, 0.1) is 6.54 Å². The molecule has 28 heavy (non-hydrogen) atoms. The Morgan fingerprint density at radius 1 is 1.14 bits per heavy atom. The molecule has 0 spiro atoms. The maximum absolute atomic E-state index is 5.62. The first kappa shape index (κ1) is 23.4. The molecule has 7 nitrogen and oxygen atoms in total. The summed E-state index contributed by atoms with van der Waals surface area (Å²) in [5.41, 5.74) is 0.346. The van der Waals surface area contributed by atoms with Crippen LogP contribution in [-0.4, -0.2) is 47.5 Å². The average molecular weight is 504 g/mol. The highest BCUT2D eigenvalue weighted by Crippen LogP contribution is 2.40. The lowest BCUT2D eigenvalue weighted by Crippen LogP contribution is -2.43. The van der Waals surface area contributed by atoms with Crippen LogP contribution in [0, 0.1) is 5.41 Å². The predicted molar refractivity (Wildman–Crippen MR) is 123 cm³/mol. The van der Waals surface area contributed by atoms with Gasteiger partial charge in [-0.25, -0.2) is 0 Å². The highest BCUT2D eigenvalue weighted by atomic mass is 127. The molecule has 1 aliphatic heterocycles. The molecule has 8 heteroatoms. The average Bonchev–Trinajstić information content (AvgIpc) is 3.23. The number of aryl methyl sites for hydroxylation is 1. The van der Waals surface area contributed by atoms with Gasteiger partial charge < -0.3 is 19.9 Å². The van der Waals surface area contributed by atoms with Crippen LogP contribution in [0.5, 0.6) is 0 Å². The molecule has 1 saturated carbocycles. The Hall–Kier alpha value is -0.900. The van der Waals surface area contributed by atoms with Crippen LogP contribution in [0.2, 0.25) is 0 Å². The van der Waals surface area contributed by atoms with Crippen molar-refractivity contribution in [2.75, 3.05) is 26.8 Å². The van der Waals surface area contributed by atoms with E-state index in [2.05, 4.69) is 37.3 Å². The molecule has 0 aromatic carbocycles. The molecule has 0 bridgehead atoms. The molecule has 0 amide bonds. The topological polar surface area (TPSA) is 76.4 Å². The molecule has 0 atom stereocenters. The van der Waals surface area contributed by atoms with E-state index in [4.69, 9.17) is 4.74 Å². The van der Waals surface area contributed by atoms with Crippen molar-refractivity contribution >= 4 is 29.9 Å². The minimum absolute atomic E-state index is 0. The number of halogens is 1. The van der Waals surface area contributed by atoms with Crippen molar-refractivity contribution in [1.82, 2.24) is 25.4 Å². The van der Waals surface area contributed by atoms with Crippen molar-refractivity contribution < 1.29 is 4.74 Å². The Kier molecular flexibility index (Phi) is 9.98. The fourth-order valence-electron chi connectivity index (χ4n) is 4.40. The van der Waals surface area contributed by atoms with Crippen LogP contribution in [0.3, 0.4) is 0 Å². The van der Waals surface area contributed by atoms with E-state index >= 15 is 0 Å². The summed E-state index contributed by atoms with van der Waals surface area (Å²) >= 11 is 0. The van der Waals surface area contributed by atoms with Crippen molar-refractivity contribution in [2.24, 2.45) is 10.4 Å². The van der Waals surface area contributed by atoms with Crippen LogP contribution >= 0.6 is 24.0 Å². The number of aliphatic imine (C=N–C) groups is 1. The van der Waals surface area contributed by atoms with Crippen LogP contribution in [-0.2, 0) is 24.2 Å². The molecule has 2 heterocycles. The van der Waals surface area contributed by atoms with Crippen LogP contribution in [0.25, 0.3) is 0 Å². The molecule has 0 radical (unpaired) electrons. The number of aromatic nitrogens is 3. The van der Waals surface area contributed by atoms with E-state index in [9.17, 15) is 0 Å². The van der Waals surface area contributed by atoms with E-state index in [-0.39, 0.29) is 24.0 Å². The second-order valence-electron chi connectivity index (χ2n) is 7.93. The molecule has 2 N–H and O–H groups in total. The Labute approximate surface area is 186 Å². The third kappa shape index (κ3) is 6.30. The van der Waals surface area contributed by atoms with Crippen molar-refractivity contribution in [3.8, 4) is 0 Å². The maximum atomic E-state index is 5.62. The molecule has 1 fully saturated rings. The first-order chi connectivity index (χ1) is 13.3. The van der Waals surface area contributed by atoms with Crippen molar-refractivity contribution in [2.45, 2.75) is 77.8 Å². The molecule has 1 aromatic rings. The third-order valence-electron chi connectivity index (χ3n) is 6.10. The molecule has 1 aromatic heterocycles. The van der Waals surface area contributed by atoms with Gasteiger partial charge in [0.1, 0.15) is 5.82 Å². The zero-order valence-electron chi connectivity index (χ0n) is 17.5. The van der Waals surface area contributed by atoms with E-state index in [1.165, 1.54) is 44.9 Å². The van der Waals surface area contributed by atoms with Gasteiger partial charge in [-0.15, -0.1) is 34.2 Å². The summed E-state index contributed by atoms with van der Waals surface area (Å²) in [4.78, 5) is 4.41. The van der Waals surface area contributed by atoms with Crippen molar-refractivity contribution in [1.29, 1.82) is 0 Å². The molecule has 3 rings (SSSR count). The summed E-state index contributed by atoms with van der Waals surface area (Å²) in [6.45, 7) is 6.38. The fourth-order valence-corrected chi connectivity index (χ4v) is 4.40. The number of guanidine groups is 1. The molecule has 1 aliphatic carbocycles. The number of ether oxygens (including phenoxy) is 1. The SMILES string of the molecule is CCOCCC1(CNC(=NC)NCc2nnc3n2CCCCC3)CCCC1.I. The number of rotatable bonds is 8. The van der Waals surface area contributed by atoms with E-state index < -0.39 is 0 Å². The number of hydrogen-bond donors (Lipinski definition) is 2. The Morgan fingerprint density at radius 3 is 2.71 bits per heavy atom. The van der Waals surface area contributed by atoms with Gasteiger partial charge >= 0.3 is 0 Å². The van der Waals surface area contributed by atoms with Crippen molar-refractivity contribution in [3.05, 3.63) is 11.6 Å². The van der Waals surface area contributed by atoms with Crippen LogP contribution in [0.15, 0.2) is 4.99 Å². The summed E-state index contributed by atoms with van der Waals surface area (Å²) < 4.78 is 7.91. The second kappa shape index (κ2) is 11.9. The maximum Gasteiger partial charge on any atom is 0.191 e. The summed E-state index contributed by atoms with van der Waals surface area (Å²) in [5.74, 6) is 3.00. The van der Waals surface area contributed by atoms with Gasteiger partial charge in [0.25, 0.3) is 0 Å². The second-order valence-corrected chi connectivity index (χ2v) is 7.93. The zero-order chi connectivity index (χ0) is 19.0. The fraction of sp³-hybridized carbons (Fsp3) is 0.850. The smallest absolute Gasteiger partial charge is 0.191 e. The largest absolute Gasteiger partial charge is 0.382 e. The van der Waals surface area contributed by atoms with E-state index in [1.54, 1.807) is 0 Å². The van der Waals surface area contributed by atoms with Gasteiger partial charge in [0.15, 0.2) is 11.8 Å².